The predicted octanol–water partition coefficient (Wildman–Crippen LogP) is 6.98. The van der Waals surface area contributed by atoms with Crippen LogP contribution in [-0.4, -0.2) is 31.4 Å². The number of hydroxylamine groups is 2. The maximum Gasteiger partial charge on any atom is 0.491 e. The summed E-state index contributed by atoms with van der Waals surface area (Å²) >= 11 is 0. The standard InChI is InChI=1S/C21H44NO4P/c1-5-9-14-20(7-3)18-24-27(23,26-22-16-12-11-13-17-22)25-19-21(8-4)15-10-6-2/h20-21H,5-19H2,1-4H3. The van der Waals surface area contributed by atoms with Crippen molar-refractivity contribution in [1.82, 2.24) is 5.06 Å². The number of phosphoric acid groups is 1. The monoisotopic (exact) mass is 405 g/mol. The number of piperidine rings is 1. The van der Waals surface area contributed by atoms with Gasteiger partial charge in [-0.15, -0.1) is 0 Å². The summed E-state index contributed by atoms with van der Waals surface area (Å²) in [7, 11) is -3.56. The fraction of sp³-hybridized carbons (Fsp3) is 1.00. The predicted molar refractivity (Wildman–Crippen MR) is 113 cm³/mol. The Hall–Kier alpha value is 0.0700. The molecule has 162 valence electrons. The van der Waals surface area contributed by atoms with Crippen LogP contribution in [0.1, 0.15) is 98.3 Å². The molecule has 0 amide bonds. The molecule has 1 saturated heterocycles. The number of nitrogens with zero attached hydrogens (tertiary/aromatic N) is 1. The number of hydrogen-bond donors (Lipinski definition) is 0. The van der Waals surface area contributed by atoms with E-state index in [0.717, 1.165) is 51.6 Å². The van der Waals surface area contributed by atoms with Crippen LogP contribution in [-0.2, 0) is 18.2 Å². The van der Waals surface area contributed by atoms with Crippen molar-refractivity contribution >= 4 is 7.82 Å². The Kier molecular flexibility index (Phi) is 13.9. The Morgan fingerprint density at radius 1 is 0.815 bits per heavy atom. The van der Waals surface area contributed by atoms with E-state index in [2.05, 4.69) is 27.7 Å². The lowest BCUT2D eigenvalue weighted by Crippen LogP contribution is -2.30. The average molecular weight is 406 g/mol. The van der Waals surface area contributed by atoms with Gasteiger partial charge in [0.05, 0.1) is 13.2 Å². The number of unbranched alkanes of at least 4 members (excludes halogenated alkanes) is 2. The Balaban J connectivity index is 2.64. The van der Waals surface area contributed by atoms with Crippen molar-refractivity contribution < 1.29 is 18.2 Å². The minimum atomic E-state index is -3.56. The molecule has 1 aliphatic rings. The maximum absolute atomic E-state index is 13.4. The molecule has 0 aromatic carbocycles. The summed E-state index contributed by atoms with van der Waals surface area (Å²) in [6.45, 7) is 11.2. The van der Waals surface area contributed by atoms with Crippen molar-refractivity contribution in [2.24, 2.45) is 11.8 Å². The number of rotatable bonds is 16. The highest BCUT2D eigenvalue weighted by Gasteiger charge is 2.33. The van der Waals surface area contributed by atoms with E-state index < -0.39 is 7.82 Å². The average Bonchev–Trinajstić information content (AvgIpc) is 2.69. The van der Waals surface area contributed by atoms with E-state index in [1.807, 2.05) is 0 Å². The first-order valence-corrected chi connectivity index (χ1v) is 12.9. The smallest absolute Gasteiger partial charge is 0.286 e. The van der Waals surface area contributed by atoms with Crippen molar-refractivity contribution in [2.45, 2.75) is 98.3 Å². The summed E-state index contributed by atoms with van der Waals surface area (Å²) in [5.41, 5.74) is 0. The minimum Gasteiger partial charge on any atom is -0.286 e. The first kappa shape index (κ1) is 25.1. The van der Waals surface area contributed by atoms with Crippen molar-refractivity contribution in [2.75, 3.05) is 26.3 Å². The second-order valence-corrected chi connectivity index (χ2v) is 9.52. The quantitative estimate of drug-likeness (QED) is 0.259. The van der Waals surface area contributed by atoms with E-state index in [9.17, 15) is 4.57 Å². The molecule has 1 rings (SSSR count). The summed E-state index contributed by atoms with van der Waals surface area (Å²) in [5, 5.41) is 1.80. The molecule has 0 spiro atoms. The topological polar surface area (TPSA) is 48.0 Å². The summed E-state index contributed by atoms with van der Waals surface area (Å²) in [4.78, 5) is 0. The molecule has 0 aromatic rings. The van der Waals surface area contributed by atoms with Crippen LogP contribution >= 0.6 is 7.82 Å². The first-order chi connectivity index (χ1) is 13.1. The van der Waals surface area contributed by atoms with Crippen molar-refractivity contribution in [3.63, 3.8) is 0 Å². The summed E-state index contributed by atoms with van der Waals surface area (Å²) in [6, 6.07) is 0. The van der Waals surface area contributed by atoms with Crippen molar-refractivity contribution in [3.8, 4) is 0 Å². The molecule has 0 saturated carbocycles. The second kappa shape index (κ2) is 15.0. The minimum absolute atomic E-state index is 0.411. The number of hydrogen-bond acceptors (Lipinski definition) is 5. The Morgan fingerprint density at radius 2 is 1.30 bits per heavy atom. The molecule has 0 aromatic heterocycles. The van der Waals surface area contributed by atoms with Gasteiger partial charge in [0.15, 0.2) is 0 Å². The van der Waals surface area contributed by atoms with E-state index >= 15 is 0 Å². The molecular weight excluding hydrogens is 361 g/mol. The van der Waals surface area contributed by atoms with E-state index in [1.165, 1.54) is 32.1 Å². The van der Waals surface area contributed by atoms with E-state index in [0.29, 0.717) is 25.0 Å². The van der Waals surface area contributed by atoms with Gasteiger partial charge in [-0.05, 0) is 37.5 Å². The molecule has 0 radical (unpaired) electrons. The van der Waals surface area contributed by atoms with Crippen LogP contribution in [0.15, 0.2) is 0 Å². The van der Waals surface area contributed by atoms with E-state index in [1.54, 1.807) is 5.06 Å². The van der Waals surface area contributed by atoms with Crippen molar-refractivity contribution in [3.05, 3.63) is 0 Å². The van der Waals surface area contributed by atoms with Gasteiger partial charge in [0.2, 0.25) is 0 Å². The second-order valence-electron chi connectivity index (χ2n) is 7.94. The molecule has 6 heteroatoms. The van der Waals surface area contributed by atoms with Crippen LogP contribution in [0.5, 0.6) is 0 Å². The molecule has 5 nitrogen and oxygen atoms in total. The Morgan fingerprint density at radius 3 is 1.70 bits per heavy atom. The zero-order valence-corrected chi connectivity index (χ0v) is 19.2. The van der Waals surface area contributed by atoms with Gasteiger partial charge in [-0.1, -0.05) is 72.6 Å². The molecule has 2 atom stereocenters. The Labute approximate surface area is 168 Å². The zero-order chi connectivity index (χ0) is 20.0. The van der Waals surface area contributed by atoms with Crippen LogP contribution in [0.4, 0.5) is 0 Å². The highest BCUT2D eigenvalue weighted by atomic mass is 31.2. The molecule has 0 bridgehead atoms. The van der Waals surface area contributed by atoms with Gasteiger partial charge < -0.3 is 0 Å². The number of phosphoric ester groups is 1. The summed E-state index contributed by atoms with van der Waals surface area (Å²) in [6.07, 6.45) is 12.3. The van der Waals surface area contributed by atoms with Gasteiger partial charge >= 0.3 is 7.82 Å². The normalized spacial score (nSPS) is 20.3. The highest BCUT2D eigenvalue weighted by Crippen LogP contribution is 2.51. The molecule has 0 N–H and O–H groups in total. The van der Waals surface area contributed by atoms with Crippen LogP contribution in [0.3, 0.4) is 0 Å². The molecule has 1 fully saturated rings. The lowest BCUT2D eigenvalue weighted by Gasteiger charge is -2.30. The maximum atomic E-state index is 13.4. The van der Waals surface area contributed by atoms with Gasteiger partial charge in [-0.3, -0.25) is 9.05 Å². The molecule has 27 heavy (non-hydrogen) atoms. The molecule has 2 unspecified atom stereocenters. The van der Waals surface area contributed by atoms with Gasteiger partial charge in [0.1, 0.15) is 0 Å². The zero-order valence-electron chi connectivity index (χ0n) is 18.3. The Bertz CT molecular complexity index is 378. The molecular formula is C21H44NO4P. The largest absolute Gasteiger partial charge is 0.491 e. The van der Waals surface area contributed by atoms with E-state index in [-0.39, 0.29) is 0 Å². The van der Waals surface area contributed by atoms with E-state index in [4.69, 9.17) is 13.7 Å². The molecule has 0 aliphatic carbocycles. The van der Waals surface area contributed by atoms with Crippen LogP contribution in [0, 0.1) is 11.8 Å². The molecule has 1 heterocycles. The van der Waals surface area contributed by atoms with Crippen LogP contribution in [0.25, 0.3) is 0 Å². The molecule has 1 aliphatic heterocycles. The fourth-order valence-corrected chi connectivity index (χ4v) is 4.76. The SMILES string of the molecule is CCCCC(CC)COP(=O)(OCC(CC)CCCC)ON1CCCCC1. The summed E-state index contributed by atoms with van der Waals surface area (Å²) < 4.78 is 30.9. The summed E-state index contributed by atoms with van der Waals surface area (Å²) in [5.74, 6) is 0.822. The lowest BCUT2D eigenvalue weighted by molar-refractivity contribution is -0.106. The van der Waals surface area contributed by atoms with Gasteiger partial charge in [0, 0.05) is 13.1 Å². The van der Waals surface area contributed by atoms with Gasteiger partial charge in [-0.25, -0.2) is 4.57 Å². The lowest BCUT2D eigenvalue weighted by atomic mass is 10.0. The third-order valence-corrected chi connectivity index (χ3v) is 6.92. The third kappa shape index (κ3) is 11.0. The van der Waals surface area contributed by atoms with Gasteiger partial charge in [0.25, 0.3) is 0 Å². The van der Waals surface area contributed by atoms with Gasteiger partial charge in [-0.2, -0.15) is 9.69 Å². The first-order valence-electron chi connectivity index (χ1n) is 11.4. The van der Waals surface area contributed by atoms with Crippen molar-refractivity contribution in [1.29, 1.82) is 0 Å². The fourth-order valence-electron chi connectivity index (χ4n) is 3.36. The van der Waals surface area contributed by atoms with Crippen LogP contribution < -0.4 is 0 Å². The van der Waals surface area contributed by atoms with Crippen LogP contribution in [0.2, 0.25) is 0 Å². The highest BCUT2D eigenvalue weighted by molar-refractivity contribution is 7.48. The third-order valence-electron chi connectivity index (χ3n) is 5.55.